The first-order chi connectivity index (χ1) is 12.8. The van der Waals surface area contributed by atoms with Crippen molar-refractivity contribution in [1.82, 2.24) is 14.5 Å². The molecule has 3 aromatic rings. The number of nitrogens with zero attached hydrogens (tertiary/aromatic N) is 4. The predicted molar refractivity (Wildman–Crippen MR) is 101 cm³/mol. The van der Waals surface area contributed by atoms with Gasteiger partial charge < -0.3 is 5.21 Å². The van der Waals surface area contributed by atoms with E-state index in [9.17, 15) is 14.8 Å². The zero-order valence-corrected chi connectivity index (χ0v) is 15.4. The lowest BCUT2D eigenvalue weighted by Gasteiger charge is -2.17. The zero-order valence-electron chi connectivity index (χ0n) is 15.4. The molecule has 1 N–H and O–H groups in total. The maximum Gasteiger partial charge on any atom is 0.299 e. The fraction of sp³-hybridized carbons (Fsp3) is 0.250. The van der Waals surface area contributed by atoms with E-state index in [1.54, 1.807) is 63.4 Å². The summed E-state index contributed by atoms with van der Waals surface area (Å²) in [5.74, 6) is -0.121. The Bertz CT molecular complexity index is 1130. The number of aromatic nitrogens is 3. The smallest absolute Gasteiger partial charge is 0.299 e. The first-order valence-electron chi connectivity index (χ1n) is 8.49. The topological polar surface area (TPSA) is 97.4 Å². The first-order valence-corrected chi connectivity index (χ1v) is 8.49. The number of hydrogen-bond donors (Lipinski definition) is 1. The van der Waals surface area contributed by atoms with Crippen LogP contribution in [0.2, 0.25) is 0 Å². The molecule has 0 atom stereocenters. The molecule has 0 radical (unpaired) electrons. The van der Waals surface area contributed by atoms with Crippen molar-refractivity contribution in [3.05, 3.63) is 64.5 Å². The molecular weight excluding hydrogens is 344 g/mol. The molecule has 0 aliphatic rings. The Balaban J connectivity index is 2.44. The van der Waals surface area contributed by atoms with E-state index in [1.807, 2.05) is 6.07 Å². The summed E-state index contributed by atoms with van der Waals surface area (Å²) < 4.78 is 1.30. The molecule has 0 bridgehead atoms. The molecule has 0 saturated heterocycles. The van der Waals surface area contributed by atoms with Crippen LogP contribution in [-0.4, -0.2) is 25.5 Å². The molecule has 3 rings (SSSR count). The van der Waals surface area contributed by atoms with Gasteiger partial charge in [-0.25, -0.2) is 4.98 Å². The van der Waals surface area contributed by atoms with Crippen LogP contribution in [0.5, 0.6) is 0 Å². The summed E-state index contributed by atoms with van der Waals surface area (Å²) in [5, 5.41) is 13.1. The number of rotatable bonds is 3. The number of ketones is 1. The Hall–Kier alpha value is -3.35. The summed E-state index contributed by atoms with van der Waals surface area (Å²) in [5.41, 5.74) is -0.214. The molecule has 0 amide bonds. The Morgan fingerprint density at radius 2 is 1.85 bits per heavy atom. The third kappa shape index (κ3) is 3.62. The summed E-state index contributed by atoms with van der Waals surface area (Å²) in [6.45, 7) is 5.23. The molecule has 138 valence electrons. The van der Waals surface area contributed by atoms with Crippen LogP contribution in [0.25, 0.3) is 22.3 Å². The predicted octanol–water partition coefficient (Wildman–Crippen LogP) is 2.36. The van der Waals surface area contributed by atoms with Crippen molar-refractivity contribution in [2.24, 2.45) is 10.6 Å². The van der Waals surface area contributed by atoms with E-state index < -0.39 is 16.5 Å². The Morgan fingerprint density at radius 1 is 1.15 bits per heavy atom. The van der Waals surface area contributed by atoms with E-state index in [1.165, 1.54) is 4.57 Å². The number of carbonyl (C=O) groups excluding carboxylic acids is 1. The highest BCUT2D eigenvalue weighted by molar-refractivity contribution is 5.92. The van der Waals surface area contributed by atoms with Crippen molar-refractivity contribution in [1.29, 1.82) is 0 Å². The van der Waals surface area contributed by atoms with Crippen molar-refractivity contribution in [3.63, 3.8) is 0 Å². The van der Waals surface area contributed by atoms with Gasteiger partial charge in [0.1, 0.15) is 5.69 Å². The molecule has 0 unspecified atom stereocenters. The summed E-state index contributed by atoms with van der Waals surface area (Å²) in [6, 6.07) is 12.5. The quantitative estimate of drug-likeness (QED) is 0.568. The largest absolute Gasteiger partial charge is 0.409 e. The highest BCUT2D eigenvalue weighted by Crippen LogP contribution is 2.23. The minimum atomic E-state index is -0.645. The third-order valence-electron chi connectivity index (χ3n) is 4.24. The highest BCUT2D eigenvalue weighted by Gasteiger charge is 2.23. The van der Waals surface area contributed by atoms with Crippen LogP contribution >= 0.6 is 0 Å². The van der Waals surface area contributed by atoms with E-state index in [2.05, 4.69) is 15.1 Å². The van der Waals surface area contributed by atoms with Gasteiger partial charge >= 0.3 is 0 Å². The average molecular weight is 364 g/mol. The number of hydrogen-bond acceptors (Lipinski definition) is 6. The highest BCUT2D eigenvalue weighted by atomic mass is 16.4. The second-order valence-electron chi connectivity index (χ2n) is 7.18. The minimum Gasteiger partial charge on any atom is -0.409 e. The lowest BCUT2D eigenvalue weighted by Crippen LogP contribution is -2.38. The molecule has 2 heterocycles. The summed E-state index contributed by atoms with van der Waals surface area (Å²) in [4.78, 5) is 34.1. The normalized spacial score (nSPS) is 12.3. The van der Waals surface area contributed by atoms with Gasteiger partial charge in [-0.1, -0.05) is 50.2 Å². The molecule has 0 spiro atoms. The van der Waals surface area contributed by atoms with Crippen LogP contribution in [0, 0.1) is 5.41 Å². The SMILES string of the molecule is CC(C)(C)C(=O)Cn1c(=O)/c(=N/O)nc(-c2ccccn2)c2ccccc21. The fourth-order valence-electron chi connectivity index (χ4n) is 2.65. The van der Waals surface area contributed by atoms with Crippen LogP contribution in [0.1, 0.15) is 20.8 Å². The minimum absolute atomic E-state index is 0.121. The van der Waals surface area contributed by atoms with Gasteiger partial charge in [0.25, 0.3) is 11.0 Å². The van der Waals surface area contributed by atoms with Gasteiger partial charge in [0.2, 0.25) is 0 Å². The molecule has 0 saturated carbocycles. The average Bonchev–Trinajstić information content (AvgIpc) is 2.77. The summed E-state index contributed by atoms with van der Waals surface area (Å²) in [7, 11) is 0. The fourth-order valence-corrected chi connectivity index (χ4v) is 2.65. The van der Waals surface area contributed by atoms with Gasteiger partial charge in [-0.05, 0) is 18.2 Å². The number of fused-ring (bicyclic) bond motifs is 1. The standard InChI is InChI=1S/C20H20N4O3/c1-20(2,3)16(25)12-24-15-10-5-4-8-13(15)17(14-9-6-7-11-21-14)22-18(23-27)19(24)26/h4-11,27H,12H2,1-3H3/b23-18-. The van der Waals surface area contributed by atoms with Crippen LogP contribution < -0.4 is 11.0 Å². The second-order valence-corrected chi connectivity index (χ2v) is 7.18. The van der Waals surface area contributed by atoms with Crippen molar-refractivity contribution >= 4 is 16.7 Å². The van der Waals surface area contributed by atoms with Crippen LogP contribution in [0.4, 0.5) is 0 Å². The number of Topliss-reactive ketones (excluding diaryl/α,β-unsaturated/α-hetero) is 1. The van der Waals surface area contributed by atoms with E-state index in [0.717, 1.165) is 0 Å². The molecule has 2 aromatic heterocycles. The van der Waals surface area contributed by atoms with Gasteiger partial charge in [0.15, 0.2) is 5.78 Å². The molecule has 0 aliphatic carbocycles. The number of benzene rings is 1. The van der Waals surface area contributed by atoms with Crippen LogP contribution in [0.3, 0.4) is 0 Å². The lowest BCUT2D eigenvalue weighted by molar-refractivity contribution is -0.126. The van der Waals surface area contributed by atoms with Gasteiger partial charge in [0, 0.05) is 17.0 Å². The Labute approximate surface area is 155 Å². The zero-order chi connectivity index (χ0) is 19.6. The van der Waals surface area contributed by atoms with Gasteiger partial charge in [-0.2, -0.15) is 0 Å². The lowest BCUT2D eigenvalue weighted by atomic mass is 9.91. The molecule has 7 nitrogen and oxygen atoms in total. The number of carbonyl (C=O) groups is 1. The van der Waals surface area contributed by atoms with Gasteiger partial charge in [0.05, 0.1) is 17.8 Å². The molecule has 27 heavy (non-hydrogen) atoms. The molecule has 1 aromatic carbocycles. The van der Waals surface area contributed by atoms with E-state index in [0.29, 0.717) is 22.3 Å². The third-order valence-corrected chi connectivity index (χ3v) is 4.24. The van der Waals surface area contributed by atoms with Crippen molar-refractivity contribution in [3.8, 4) is 11.4 Å². The first kappa shape index (κ1) is 18.4. The maximum atomic E-state index is 12.9. The van der Waals surface area contributed by atoms with Crippen molar-refractivity contribution in [2.45, 2.75) is 27.3 Å². The number of pyridine rings is 1. The van der Waals surface area contributed by atoms with Gasteiger partial charge in [-0.3, -0.25) is 19.1 Å². The molecule has 7 heteroatoms. The van der Waals surface area contributed by atoms with Crippen LogP contribution in [-0.2, 0) is 11.3 Å². The van der Waals surface area contributed by atoms with Crippen LogP contribution in [0.15, 0.2) is 58.6 Å². The molecule has 0 fully saturated rings. The van der Waals surface area contributed by atoms with Crippen molar-refractivity contribution < 1.29 is 10.0 Å². The maximum absolute atomic E-state index is 12.9. The van der Waals surface area contributed by atoms with Gasteiger partial charge in [-0.15, -0.1) is 0 Å². The molecule has 0 aliphatic heterocycles. The monoisotopic (exact) mass is 364 g/mol. The Morgan fingerprint density at radius 3 is 2.48 bits per heavy atom. The second kappa shape index (κ2) is 7.11. The molecular formula is C20H20N4O3. The van der Waals surface area contributed by atoms with Crippen molar-refractivity contribution in [2.75, 3.05) is 0 Å². The van der Waals surface area contributed by atoms with E-state index in [4.69, 9.17) is 0 Å². The summed E-state index contributed by atoms with van der Waals surface area (Å²) in [6.07, 6.45) is 1.61. The van der Waals surface area contributed by atoms with E-state index >= 15 is 0 Å². The van der Waals surface area contributed by atoms with E-state index in [-0.39, 0.29) is 12.3 Å². The summed E-state index contributed by atoms with van der Waals surface area (Å²) >= 11 is 0. The number of para-hydroxylation sites is 1. The Kier molecular flexibility index (Phi) is 4.85.